The van der Waals surface area contributed by atoms with Crippen LogP contribution in [0.2, 0.25) is 20.1 Å². The highest BCUT2D eigenvalue weighted by Gasteiger charge is 2.38. The van der Waals surface area contributed by atoms with Gasteiger partial charge in [0.15, 0.2) is 0 Å². The van der Waals surface area contributed by atoms with E-state index in [0.29, 0.717) is 28.0 Å². The Kier molecular flexibility index (Phi) is 11.3. The molecule has 0 bridgehead atoms. The maximum atomic E-state index is 15.5. The van der Waals surface area contributed by atoms with Crippen LogP contribution in [-0.2, 0) is 11.1 Å². The van der Waals surface area contributed by atoms with Gasteiger partial charge in [-0.2, -0.15) is 20.2 Å². The van der Waals surface area contributed by atoms with Crippen molar-refractivity contribution < 1.29 is 9.59 Å². The lowest BCUT2D eigenvalue weighted by Gasteiger charge is -2.34. The maximum absolute atomic E-state index is 15.5. The Morgan fingerprint density at radius 3 is 1.58 bits per heavy atom. The van der Waals surface area contributed by atoms with E-state index in [-0.39, 0.29) is 42.8 Å². The summed E-state index contributed by atoms with van der Waals surface area (Å²) in [5.74, 6) is 0. The van der Waals surface area contributed by atoms with E-state index in [9.17, 15) is 0 Å². The second-order valence-corrected chi connectivity index (χ2v) is 17.9. The van der Waals surface area contributed by atoms with Gasteiger partial charge < -0.3 is 10.6 Å². The van der Waals surface area contributed by atoms with E-state index in [4.69, 9.17) is 56.6 Å². The molecule has 17 heteroatoms. The van der Waals surface area contributed by atoms with E-state index in [0.717, 1.165) is 16.3 Å². The van der Waals surface area contributed by atoms with Gasteiger partial charge in [0, 0.05) is 34.3 Å². The number of carbonyl (C=O) groups is 2. The Balaban J connectivity index is 1.44. The molecule has 0 unspecified atom stereocenters. The van der Waals surface area contributed by atoms with Gasteiger partial charge in [-0.1, -0.05) is 76.7 Å². The van der Waals surface area contributed by atoms with Crippen LogP contribution < -0.4 is 20.7 Å². The molecule has 4 aromatic carbocycles. The second-order valence-electron chi connectivity index (χ2n) is 16.4. The fraction of sp³-hybridized carbons (Fsp3) is 0.178. The van der Waals surface area contributed by atoms with Gasteiger partial charge in [0.05, 0.1) is 66.0 Å². The van der Waals surface area contributed by atoms with Crippen LogP contribution in [-0.4, -0.2) is 46.6 Å². The summed E-state index contributed by atoms with van der Waals surface area (Å²) in [5, 5.41) is 20.6. The fourth-order valence-corrected chi connectivity index (χ4v) is 7.34. The Labute approximate surface area is 377 Å². The number of pyridine rings is 1. The molecule has 4 aromatic heterocycles. The van der Waals surface area contributed by atoms with Crippen LogP contribution in [0.25, 0.3) is 44.3 Å². The molecule has 0 aliphatic rings. The number of aromatic nitrogens is 7. The van der Waals surface area contributed by atoms with Crippen LogP contribution in [0.4, 0.5) is 32.3 Å². The number of amides is 4. The predicted octanol–water partition coefficient (Wildman–Crippen LogP) is 12.7. The van der Waals surface area contributed by atoms with Gasteiger partial charge in [-0.15, -0.1) is 0 Å². The van der Waals surface area contributed by atoms with Gasteiger partial charge in [0.1, 0.15) is 29.1 Å². The topological polar surface area (TPSA) is 139 Å². The summed E-state index contributed by atoms with van der Waals surface area (Å²) in [5.41, 5.74) is 3.02. The average molecular weight is 908 g/mol. The molecule has 0 saturated carbocycles. The zero-order valence-corrected chi connectivity index (χ0v) is 37.3. The number of benzene rings is 4. The number of nitrogens with zero attached hydrogens (tertiary/aromatic N) is 9. The third-order valence-corrected chi connectivity index (χ3v) is 11.5. The summed E-state index contributed by atoms with van der Waals surface area (Å²) in [4.78, 5) is 44.2. The van der Waals surface area contributed by atoms with Crippen molar-refractivity contribution in [1.82, 2.24) is 34.5 Å². The lowest BCUT2D eigenvalue weighted by molar-refractivity contribution is 0.248. The highest BCUT2D eigenvalue weighted by atomic mass is 35.5. The molecular formula is C45H39Cl4N11O2. The lowest BCUT2D eigenvalue weighted by atomic mass is 10.1. The minimum atomic E-state index is -0.808. The summed E-state index contributed by atoms with van der Waals surface area (Å²) in [7, 11) is 0. The molecule has 4 heterocycles. The van der Waals surface area contributed by atoms with Crippen molar-refractivity contribution in [1.29, 1.82) is 0 Å². The standard InChI is InChI=1S/C45H39Cl4N11O2/c1-44(2,3)57-23-36(40(55-57)27-15-17-32-26(20-27)10-9-19-51-32)59(42(61)53-34-13-7-11-30(46)38(34)48)60(43(62)54-35-14-8-12-31(47)39(35)49)37-24-58(45(4,5)6)56-41(37)28-16-18-33-29(21-28)22-50-25-52-33/h7-25H,1-6H3,(H,53,61)(H,54,62). The number of fused-ring (bicyclic) bond motifs is 2. The molecule has 0 saturated heterocycles. The van der Waals surface area contributed by atoms with E-state index < -0.39 is 23.1 Å². The molecule has 0 spiro atoms. The first-order valence-corrected chi connectivity index (χ1v) is 20.8. The normalized spacial score (nSPS) is 11.8. The summed E-state index contributed by atoms with van der Waals surface area (Å²) < 4.78 is 3.47. The van der Waals surface area contributed by atoms with Crippen molar-refractivity contribution in [3.8, 4) is 22.5 Å². The number of hydrazine groups is 1. The van der Waals surface area contributed by atoms with E-state index in [1.807, 2.05) is 90.1 Å². The Morgan fingerprint density at radius 2 is 1.08 bits per heavy atom. The average Bonchev–Trinajstić information content (AvgIpc) is 3.89. The van der Waals surface area contributed by atoms with Gasteiger partial charge in [0.25, 0.3) is 0 Å². The molecule has 0 aliphatic heterocycles. The monoisotopic (exact) mass is 905 g/mol. The van der Waals surface area contributed by atoms with Crippen LogP contribution in [0, 0.1) is 0 Å². The molecule has 2 N–H and O–H groups in total. The van der Waals surface area contributed by atoms with E-state index in [1.54, 1.807) is 70.5 Å². The first-order chi connectivity index (χ1) is 29.5. The Morgan fingerprint density at radius 1 is 0.597 bits per heavy atom. The highest BCUT2D eigenvalue weighted by Crippen LogP contribution is 2.41. The molecule has 13 nitrogen and oxygen atoms in total. The van der Waals surface area contributed by atoms with Gasteiger partial charge in [0.2, 0.25) is 0 Å². The molecule has 4 amide bonds. The SMILES string of the molecule is CC(C)(C)n1cc(N(C(=O)Nc2cccc(Cl)c2Cl)N(C(=O)Nc2cccc(Cl)c2Cl)c2cn(C(C)(C)C)nc2-c2ccc3ncncc3c2)c(-c2ccc3ncccc3c2)n1. The predicted molar refractivity (Wildman–Crippen MR) is 250 cm³/mol. The number of halogens is 4. The van der Waals surface area contributed by atoms with Crippen molar-refractivity contribution in [2.75, 3.05) is 20.7 Å². The molecule has 8 aromatic rings. The molecule has 0 radical (unpaired) electrons. The number of carbonyl (C=O) groups excluding carboxylic acids is 2. The van der Waals surface area contributed by atoms with Crippen molar-refractivity contribution in [2.45, 2.75) is 52.6 Å². The van der Waals surface area contributed by atoms with Gasteiger partial charge in [-0.05, 0) is 96.1 Å². The summed E-state index contributed by atoms with van der Waals surface area (Å²) in [6, 6.07) is 23.1. The van der Waals surface area contributed by atoms with Crippen LogP contribution in [0.1, 0.15) is 41.5 Å². The van der Waals surface area contributed by atoms with Crippen molar-refractivity contribution >= 4 is 103 Å². The highest BCUT2D eigenvalue weighted by molar-refractivity contribution is 6.44. The number of nitrogens with one attached hydrogen (secondary N) is 2. The van der Waals surface area contributed by atoms with Gasteiger partial charge >= 0.3 is 12.1 Å². The smallest absolute Gasteiger partial charge is 0.305 e. The van der Waals surface area contributed by atoms with Crippen molar-refractivity contribution in [2.24, 2.45) is 0 Å². The molecule has 0 atom stereocenters. The largest absolute Gasteiger partial charge is 0.346 e. The number of hydrogen-bond donors (Lipinski definition) is 2. The summed E-state index contributed by atoms with van der Waals surface area (Å²) >= 11 is 26.4. The number of rotatable bonds is 6. The summed E-state index contributed by atoms with van der Waals surface area (Å²) in [6.45, 7) is 11.9. The zero-order valence-electron chi connectivity index (χ0n) is 34.3. The number of hydrogen-bond acceptors (Lipinski definition) is 7. The molecule has 62 heavy (non-hydrogen) atoms. The van der Waals surface area contributed by atoms with Gasteiger partial charge in [-0.3, -0.25) is 14.3 Å². The van der Waals surface area contributed by atoms with Crippen LogP contribution >= 0.6 is 46.4 Å². The minimum Gasteiger partial charge on any atom is -0.305 e. The Hall–Kier alpha value is -6.25. The fourth-order valence-electron chi connectivity index (χ4n) is 6.65. The Bertz CT molecular complexity index is 2820. The lowest BCUT2D eigenvalue weighted by Crippen LogP contribution is -2.54. The second kappa shape index (κ2) is 16.6. The first kappa shape index (κ1) is 42.4. The van der Waals surface area contributed by atoms with E-state index >= 15 is 9.59 Å². The maximum Gasteiger partial charge on any atom is 0.346 e. The molecule has 0 fully saturated rings. The van der Waals surface area contributed by atoms with Crippen LogP contribution in [0.5, 0.6) is 0 Å². The molecule has 8 rings (SSSR count). The zero-order chi connectivity index (χ0) is 44.1. The number of anilines is 4. The van der Waals surface area contributed by atoms with E-state index in [1.165, 1.54) is 16.3 Å². The van der Waals surface area contributed by atoms with Crippen LogP contribution in [0.15, 0.2) is 116 Å². The van der Waals surface area contributed by atoms with Crippen LogP contribution in [0.3, 0.4) is 0 Å². The van der Waals surface area contributed by atoms with E-state index in [2.05, 4.69) is 25.6 Å². The van der Waals surface area contributed by atoms with Crippen molar-refractivity contribution in [3.05, 3.63) is 136 Å². The van der Waals surface area contributed by atoms with Gasteiger partial charge in [-0.25, -0.2) is 19.6 Å². The quantitative estimate of drug-likeness (QED) is 0.158. The minimum absolute atomic E-state index is 0.0929. The number of urea groups is 2. The third kappa shape index (κ3) is 8.36. The first-order valence-electron chi connectivity index (χ1n) is 19.3. The summed E-state index contributed by atoms with van der Waals surface area (Å²) in [6.07, 6.45) is 8.31. The van der Waals surface area contributed by atoms with Crippen molar-refractivity contribution in [3.63, 3.8) is 0 Å². The molecule has 314 valence electrons. The molecule has 0 aliphatic carbocycles. The molecular weight excluding hydrogens is 868 g/mol. The third-order valence-electron chi connectivity index (χ3n) is 9.85.